The first-order valence-corrected chi connectivity index (χ1v) is 7.38. The quantitative estimate of drug-likeness (QED) is 0.407. The lowest BCUT2D eigenvalue weighted by Gasteiger charge is -2.11. The lowest BCUT2D eigenvalue weighted by Crippen LogP contribution is -2.38. The third-order valence-corrected chi connectivity index (χ3v) is 3.36. The minimum Gasteiger partial charge on any atom is -0.444 e. The molecule has 9 heteroatoms. The number of nitrogens with one attached hydrogen (secondary N) is 2. The van der Waals surface area contributed by atoms with Gasteiger partial charge in [-0.05, 0) is 13.8 Å². The maximum Gasteiger partial charge on any atom is 0.214 e. The Bertz CT molecular complexity index is 615. The molecular weight excluding hydrogens is 409 g/mol. The fraction of sp³-hybridized carbons (Fsp3) is 0.571. The minimum absolute atomic E-state index is 0. The molecule has 0 radical (unpaired) electrons. The first-order valence-electron chi connectivity index (χ1n) is 7.38. The molecule has 0 amide bonds. The highest BCUT2D eigenvalue weighted by molar-refractivity contribution is 14.0. The second-order valence-electron chi connectivity index (χ2n) is 4.90. The van der Waals surface area contributed by atoms with Crippen molar-refractivity contribution in [3.8, 4) is 0 Å². The van der Waals surface area contributed by atoms with Crippen LogP contribution in [0.5, 0.6) is 0 Å². The molecule has 0 aliphatic rings. The number of oxazole rings is 1. The Hall–Kier alpha value is -1.65. The molecule has 0 atom stereocenters. The van der Waals surface area contributed by atoms with Gasteiger partial charge in [0.1, 0.15) is 17.9 Å². The minimum atomic E-state index is 0. The molecule has 2 heterocycles. The molecule has 2 N–H and O–H groups in total. The summed E-state index contributed by atoms with van der Waals surface area (Å²) >= 11 is 0. The number of halogens is 1. The van der Waals surface area contributed by atoms with Gasteiger partial charge in [-0.2, -0.15) is 0 Å². The first kappa shape index (κ1) is 19.4. The van der Waals surface area contributed by atoms with E-state index in [-0.39, 0.29) is 24.0 Å². The predicted molar refractivity (Wildman–Crippen MR) is 99.0 cm³/mol. The van der Waals surface area contributed by atoms with E-state index in [4.69, 9.17) is 4.42 Å². The van der Waals surface area contributed by atoms with Crippen LogP contribution in [-0.2, 0) is 19.5 Å². The van der Waals surface area contributed by atoms with Gasteiger partial charge in [0.15, 0.2) is 5.96 Å². The van der Waals surface area contributed by atoms with Crippen molar-refractivity contribution in [2.75, 3.05) is 13.6 Å². The summed E-state index contributed by atoms with van der Waals surface area (Å²) in [6.45, 7) is 7.92. The van der Waals surface area contributed by atoms with Crippen molar-refractivity contribution in [3.05, 3.63) is 29.5 Å². The average Bonchev–Trinajstić information content (AvgIpc) is 3.09. The number of aryl methyl sites for hydroxylation is 3. The first-order chi connectivity index (χ1) is 10.6. The number of nitrogens with zero attached hydrogens (tertiary/aromatic N) is 5. The third kappa shape index (κ3) is 5.48. The number of hydrogen-bond acceptors (Lipinski definition) is 5. The zero-order valence-corrected chi connectivity index (χ0v) is 16.3. The Morgan fingerprint density at radius 2 is 2.13 bits per heavy atom. The van der Waals surface area contributed by atoms with Crippen LogP contribution in [0.15, 0.2) is 15.7 Å². The molecule has 0 bridgehead atoms. The predicted octanol–water partition coefficient (Wildman–Crippen LogP) is 1.43. The molecule has 0 aromatic carbocycles. The van der Waals surface area contributed by atoms with E-state index in [0.717, 1.165) is 36.8 Å². The van der Waals surface area contributed by atoms with Crippen LogP contribution in [0.2, 0.25) is 0 Å². The summed E-state index contributed by atoms with van der Waals surface area (Å²) in [6, 6.07) is 0. The molecule has 0 saturated carbocycles. The number of guanidine groups is 1. The molecule has 0 unspecified atom stereocenters. The van der Waals surface area contributed by atoms with Crippen LogP contribution < -0.4 is 10.6 Å². The van der Waals surface area contributed by atoms with Crippen LogP contribution in [0.25, 0.3) is 0 Å². The number of hydrogen-bond donors (Lipinski definition) is 2. The number of aromatic nitrogens is 4. The van der Waals surface area contributed by atoms with Crippen molar-refractivity contribution < 1.29 is 4.42 Å². The molecule has 23 heavy (non-hydrogen) atoms. The largest absolute Gasteiger partial charge is 0.444 e. The van der Waals surface area contributed by atoms with Gasteiger partial charge in [0.25, 0.3) is 0 Å². The molecule has 2 aromatic heterocycles. The lowest BCUT2D eigenvalue weighted by atomic mass is 10.4. The van der Waals surface area contributed by atoms with Gasteiger partial charge >= 0.3 is 0 Å². The number of rotatable bonds is 6. The Kier molecular flexibility index (Phi) is 8.00. The molecule has 128 valence electrons. The van der Waals surface area contributed by atoms with E-state index in [1.165, 1.54) is 0 Å². The SMILES string of the molecule is CCc1nncn1CCNC(=NC)NCc1nc(C)c(C)o1.I. The molecule has 0 saturated heterocycles. The monoisotopic (exact) mass is 433 g/mol. The molecule has 2 rings (SSSR count). The van der Waals surface area contributed by atoms with Crippen molar-refractivity contribution >= 4 is 29.9 Å². The van der Waals surface area contributed by atoms with Gasteiger partial charge in [0, 0.05) is 26.6 Å². The summed E-state index contributed by atoms with van der Waals surface area (Å²) in [5.74, 6) is 3.19. The molecule has 0 aliphatic heterocycles. The second kappa shape index (κ2) is 9.48. The van der Waals surface area contributed by atoms with E-state index < -0.39 is 0 Å². The van der Waals surface area contributed by atoms with E-state index in [1.54, 1.807) is 13.4 Å². The summed E-state index contributed by atoms with van der Waals surface area (Å²) in [6.07, 6.45) is 2.62. The van der Waals surface area contributed by atoms with Crippen LogP contribution >= 0.6 is 24.0 Å². The lowest BCUT2D eigenvalue weighted by molar-refractivity contribution is 0.463. The zero-order valence-electron chi connectivity index (χ0n) is 14.0. The van der Waals surface area contributed by atoms with Gasteiger partial charge in [-0.25, -0.2) is 4.98 Å². The van der Waals surface area contributed by atoms with Crippen LogP contribution in [0, 0.1) is 13.8 Å². The highest BCUT2D eigenvalue weighted by Crippen LogP contribution is 2.07. The van der Waals surface area contributed by atoms with E-state index in [9.17, 15) is 0 Å². The summed E-state index contributed by atoms with van der Waals surface area (Å²) < 4.78 is 7.55. The summed E-state index contributed by atoms with van der Waals surface area (Å²) in [5.41, 5.74) is 0.916. The smallest absolute Gasteiger partial charge is 0.214 e. The zero-order chi connectivity index (χ0) is 15.9. The maximum absolute atomic E-state index is 5.53. The van der Waals surface area contributed by atoms with Gasteiger partial charge in [-0.1, -0.05) is 6.92 Å². The van der Waals surface area contributed by atoms with Crippen molar-refractivity contribution in [1.29, 1.82) is 0 Å². The Morgan fingerprint density at radius 3 is 2.74 bits per heavy atom. The van der Waals surface area contributed by atoms with Gasteiger partial charge in [0.05, 0.1) is 12.2 Å². The topological polar surface area (TPSA) is 93.2 Å². The highest BCUT2D eigenvalue weighted by Gasteiger charge is 2.06. The molecular formula is C14H24IN7O. The molecule has 2 aromatic rings. The maximum atomic E-state index is 5.53. The average molecular weight is 433 g/mol. The number of aliphatic imine (C=N–C) groups is 1. The molecule has 0 spiro atoms. The fourth-order valence-electron chi connectivity index (χ4n) is 2.03. The summed E-state index contributed by atoms with van der Waals surface area (Å²) in [5, 5.41) is 14.4. The van der Waals surface area contributed by atoms with Crippen molar-refractivity contribution in [2.24, 2.45) is 4.99 Å². The van der Waals surface area contributed by atoms with Gasteiger partial charge in [0.2, 0.25) is 5.89 Å². The van der Waals surface area contributed by atoms with Crippen molar-refractivity contribution in [1.82, 2.24) is 30.4 Å². The van der Waals surface area contributed by atoms with Crippen molar-refractivity contribution in [2.45, 2.75) is 40.3 Å². The molecule has 0 fully saturated rings. The fourth-order valence-corrected chi connectivity index (χ4v) is 2.03. The van der Waals surface area contributed by atoms with E-state index in [1.807, 2.05) is 18.4 Å². The second-order valence-corrected chi connectivity index (χ2v) is 4.90. The molecule has 0 aliphatic carbocycles. The Morgan fingerprint density at radius 1 is 1.35 bits per heavy atom. The van der Waals surface area contributed by atoms with Crippen LogP contribution in [0.1, 0.15) is 30.1 Å². The molecule has 8 nitrogen and oxygen atoms in total. The van der Waals surface area contributed by atoms with Crippen LogP contribution in [0.3, 0.4) is 0 Å². The van der Waals surface area contributed by atoms with E-state index in [2.05, 4.69) is 37.7 Å². The third-order valence-electron chi connectivity index (χ3n) is 3.36. The summed E-state index contributed by atoms with van der Waals surface area (Å²) in [7, 11) is 1.73. The van der Waals surface area contributed by atoms with Crippen molar-refractivity contribution in [3.63, 3.8) is 0 Å². The van der Waals surface area contributed by atoms with Crippen LogP contribution in [0.4, 0.5) is 0 Å². The van der Waals surface area contributed by atoms with E-state index in [0.29, 0.717) is 18.4 Å². The Balaban J connectivity index is 0.00000264. The highest BCUT2D eigenvalue weighted by atomic mass is 127. The normalized spacial score (nSPS) is 11.2. The van der Waals surface area contributed by atoms with Gasteiger partial charge in [-0.3, -0.25) is 4.99 Å². The standard InChI is InChI=1S/C14H23N7O.HI/c1-5-12-20-18-9-21(12)7-6-16-14(15-4)17-8-13-19-10(2)11(3)22-13;/h9H,5-8H2,1-4H3,(H2,15,16,17);1H. The van der Waals surface area contributed by atoms with E-state index >= 15 is 0 Å². The Labute approximate surface area is 153 Å². The van der Waals surface area contributed by atoms with Crippen LogP contribution in [-0.4, -0.2) is 39.3 Å². The van der Waals surface area contributed by atoms with Gasteiger partial charge in [-0.15, -0.1) is 34.2 Å². The summed E-state index contributed by atoms with van der Waals surface area (Å²) in [4.78, 5) is 8.51. The van der Waals surface area contributed by atoms with Gasteiger partial charge < -0.3 is 19.6 Å².